The second kappa shape index (κ2) is 6.05. The van der Waals surface area contributed by atoms with Crippen molar-refractivity contribution in [2.45, 2.75) is 25.5 Å². The summed E-state index contributed by atoms with van der Waals surface area (Å²) in [5, 5.41) is 8.56. The van der Waals surface area contributed by atoms with E-state index in [1.54, 1.807) is 12.1 Å². The molecule has 0 amide bonds. The molecule has 0 aliphatic carbocycles. The van der Waals surface area contributed by atoms with Gasteiger partial charge in [0.05, 0.1) is 17.8 Å². The summed E-state index contributed by atoms with van der Waals surface area (Å²) >= 11 is 0. The lowest BCUT2D eigenvalue weighted by molar-refractivity contribution is -0.131. The maximum Gasteiger partial charge on any atom is 0.328 e. The number of likely N-dealkylation sites (N-methyl/N-ethyl adjacent to an activating group) is 1. The molecule has 20 heavy (non-hydrogen) atoms. The minimum Gasteiger partial charge on any atom is -0.478 e. The molecule has 1 heterocycles. The van der Waals surface area contributed by atoms with Gasteiger partial charge in [0.2, 0.25) is 0 Å². The molecule has 1 saturated heterocycles. The molecule has 2 atom stereocenters. The van der Waals surface area contributed by atoms with Crippen molar-refractivity contribution in [1.29, 1.82) is 0 Å². The van der Waals surface area contributed by atoms with Crippen LogP contribution in [0.4, 0.5) is 10.1 Å². The van der Waals surface area contributed by atoms with E-state index in [1.807, 2.05) is 18.9 Å². The van der Waals surface area contributed by atoms with Crippen LogP contribution in [-0.2, 0) is 9.53 Å². The summed E-state index contributed by atoms with van der Waals surface area (Å²) in [6.07, 6.45) is 3.31. The number of hydrogen-bond donors (Lipinski definition) is 1. The second-order valence-corrected chi connectivity index (χ2v) is 4.93. The molecule has 1 aromatic rings. The first-order chi connectivity index (χ1) is 9.49. The highest BCUT2D eigenvalue weighted by molar-refractivity contribution is 5.85. The number of carboxylic acid groups (broad SMARTS) is 1. The van der Waals surface area contributed by atoms with Crippen LogP contribution in [0.15, 0.2) is 24.3 Å². The van der Waals surface area contributed by atoms with Crippen LogP contribution in [0.5, 0.6) is 0 Å². The number of ether oxygens (including phenoxy) is 1. The third kappa shape index (κ3) is 3.17. The van der Waals surface area contributed by atoms with Gasteiger partial charge < -0.3 is 14.7 Å². The van der Waals surface area contributed by atoms with Gasteiger partial charge in [-0.05, 0) is 37.1 Å². The van der Waals surface area contributed by atoms with Crippen LogP contribution in [0.25, 0.3) is 6.08 Å². The van der Waals surface area contributed by atoms with E-state index in [0.29, 0.717) is 17.9 Å². The Kier molecular flexibility index (Phi) is 4.39. The van der Waals surface area contributed by atoms with Gasteiger partial charge in [0.1, 0.15) is 5.82 Å². The van der Waals surface area contributed by atoms with Crippen molar-refractivity contribution < 1.29 is 19.0 Å². The largest absolute Gasteiger partial charge is 0.478 e. The number of rotatable bonds is 4. The van der Waals surface area contributed by atoms with Crippen molar-refractivity contribution in [3.8, 4) is 0 Å². The van der Waals surface area contributed by atoms with E-state index in [-0.39, 0.29) is 18.0 Å². The predicted octanol–water partition coefficient (Wildman–Crippen LogP) is 2.54. The maximum atomic E-state index is 14.1. The zero-order chi connectivity index (χ0) is 14.7. The standard InChI is InChI=1S/C15H18FNO3/c1-10-13(7-8-20-10)17(2)14-5-3-11(9-12(14)16)4-6-15(18)19/h3-6,9-10,13H,7-8H2,1-2H3,(H,18,19)/b6-4+. The number of hydrogen-bond acceptors (Lipinski definition) is 3. The van der Waals surface area contributed by atoms with Crippen molar-refractivity contribution >= 4 is 17.7 Å². The van der Waals surface area contributed by atoms with Crippen LogP contribution in [0.2, 0.25) is 0 Å². The van der Waals surface area contributed by atoms with Gasteiger partial charge in [0.15, 0.2) is 0 Å². The van der Waals surface area contributed by atoms with E-state index >= 15 is 0 Å². The van der Waals surface area contributed by atoms with E-state index in [0.717, 1.165) is 12.5 Å². The van der Waals surface area contributed by atoms with E-state index in [4.69, 9.17) is 9.84 Å². The average molecular weight is 279 g/mol. The van der Waals surface area contributed by atoms with Gasteiger partial charge in [-0.25, -0.2) is 9.18 Å². The molecule has 4 nitrogen and oxygen atoms in total. The number of carbonyl (C=O) groups is 1. The third-order valence-electron chi connectivity index (χ3n) is 3.60. The zero-order valence-corrected chi connectivity index (χ0v) is 11.5. The van der Waals surface area contributed by atoms with E-state index in [9.17, 15) is 9.18 Å². The van der Waals surface area contributed by atoms with E-state index in [1.165, 1.54) is 12.1 Å². The number of halogens is 1. The van der Waals surface area contributed by atoms with Crippen LogP contribution in [-0.4, -0.2) is 36.9 Å². The van der Waals surface area contributed by atoms with E-state index < -0.39 is 5.97 Å². The number of nitrogens with zero attached hydrogens (tertiary/aromatic N) is 1. The zero-order valence-electron chi connectivity index (χ0n) is 11.5. The summed E-state index contributed by atoms with van der Waals surface area (Å²) in [4.78, 5) is 12.3. The van der Waals surface area contributed by atoms with Crippen LogP contribution in [0.1, 0.15) is 18.9 Å². The fraction of sp³-hybridized carbons (Fsp3) is 0.400. The number of carboxylic acids is 1. The maximum absolute atomic E-state index is 14.1. The molecule has 1 fully saturated rings. The minimum atomic E-state index is -1.05. The van der Waals surface area contributed by atoms with Gasteiger partial charge in [-0.1, -0.05) is 6.07 Å². The summed E-state index contributed by atoms with van der Waals surface area (Å²) in [6.45, 7) is 2.67. The lowest BCUT2D eigenvalue weighted by atomic mass is 10.1. The molecular weight excluding hydrogens is 261 g/mol. The summed E-state index contributed by atoms with van der Waals surface area (Å²) in [6, 6.07) is 4.87. The number of anilines is 1. The Bertz CT molecular complexity index is 530. The molecular formula is C15H18FNO3. The lowest BCUT2D eigenvalue weighted by Crippen LogP contribution is -2.37. The second-order valence-electron chi connectivity index (χ2n) is 4.93. The Labute approximate surface area is 117 Å². The van der Waals surface area contributed by atoms with Crippen LogP contribution >= 0.6 is 0 Å². The molecule has 1 N–H and O–H groups in total. The Morgan fingerprint density at radius 2 is 2.30 bits per heavy atom. The normalized spacial score (nSPS) is 22.4. The Morgan fingerprint density at radius 1 is 1.55 bits per heavy atom. The molecule has 0 aromatic heterocycles. The average Bonchev–Trinajstić information content (AvgIpc) is 2.82. The van der Waals surface area contributed by atoms with Crippen LogP contribution in [0, 0.1) is 5.82 Å². The highest BCUT2D eigenvalue weighted by atomic mass is 19.1. The van der Waals surface area contributed by atoms with Crippen LogP contribution in [0.3, 0.4) is 0 Å². The highest BCUT2D eigenvalue weighted by Gasteiger charge is 2.29. The third-order valence-corrected chi connectivity index (χ3v) is 3.60. The van der Waals surface area contributed by atoms with Crippen molar-refractivity contribution in [3.63, 3.8) is 0 Å². The van der Waals surface area contributed by atoms with Crippen molar-refractivity contribution in [2.24, 2.45) is 0 Å². The van der Waals surface area contributed by atoms with Gasteiger partial charge in [-0.15, -0.1) is 0 Å². The first-order valence-corrected chi connectivity index (χ1v) is 6.54. The summed E-state index contributed by atoms with van der Waals surface area (Å²) in [5.74, 6) is -1.41. The quantitative estimate of drug-likeness (QED) is 0.860. The Hall–Kier alpha value is -1.88. The van der Waals surface area contributed by atoms with Crippen molar-refractivity contribution in [1.82, 2.24) is 0 Å². The first-order valence-electron chi connectivity index (χ1n) is 6.54. The monoisotopic (exact) mass is 279 g/mol. The van der Waals surface area contributed by atoms with E-state index in [2.05, 4.69) is 0 Å². The molecule has 0 radical (unpaired) electrons. The number of benzene rings is 1. The highest BCUT2D eigenvalue weighted by Crippen LogP contribution is 2.27. The SMILES string of the molecule is CC1OCCC1N(C)c1ccc(/C=C/C(=O)O)cc1F. The van der Waals surface area contributed by atoms with Gasteiger partial charge in [-0.2, -0.15) is 0 Å². The molecule has 0 saturated carbocycles. The topological polar surface area (TPSA) is 49.8 Å². The molecule has 0 bridgehead atoms. The molecule has 1 aliphatic rings. The smallest absolute Gasteiger partial charge is 0.328 e. The van der Waals surface area contributed by atoms with Crippen molar-refractivity contribution in [2.75, 3.05) is 18.6 Å². The first kappa shape index (κ1) is 14.5. The molecule has 2 rings (SSSR count). The minimum absolute atomic E-state index is 0.0750. The van der Waals surface area contributed by atoms with Gasteiger partial charge in [0.25, 0.3) is 0 Å². The molecule has 1 aliphatic heterocycles. The molecule has 1 aromatic carbocycles. The van der Waals surface area contributed by atoms with Gasteiger partial charge in [0, 0.05) is 19.7 Å². The molecule has 0 spiro atoms. The van der Waals surface area contributed by atoms with Crippen LogP contribution < -0.4 is 4.90 Å². The molecule has 108 valence electrons. The van der Waals surface area contributed by atoms with Gasteiger partial charge in [-0.3, -0.25) is 0 Å². The fourth-order valence-corrected chi connectivity index (χ4v) is 2.49. The number of aliphatic carboxylic acids is 1. The fourth-order valence-electron chi connectivity index (χ4n) is 2.49. The predicted molar refractivity (Wildman–Crippen MR) is 75.3 cm³/mol. The molecule has 2 unspecified atom stereocenters. The summed E-state index contributed by atoms with van der Waals surface area (Å²) in [7, 11) is 1.85. The molecule has 5 heteroatoms. The lowest BCUT2D eigenvalue weighted by Gasteiger charge is -2.29. The van der Waals surface area contributed by atoms with Crippen molar-refractivity contribution in [3.05, 3.63) is 35.7 Å². The summed E-state index contributed by atoms with van der Waals surface area (Å²) in [5.41, 5.74) is 1.03. The van der Waals surface area contributed by atoms with Gasteiger partial charge >= 0.3 is 5.97 Å². The Morgan fingerprint density at radius 3 is 2.85 bits per heavy atom. The summed E-state index contributed by atoms with van der Waals surface area (Å²) < 4.78 is 19.6. The Balaban J connectivity index is 2.19.